The molecule has 2 atom stereocenters. The van der Waals surface area contributed by atoms with Crippen LogP contribution in [0.1, 0.15) is 33.1 Å². The molecule has 0 bridgehead atoms. The highest BCUT2D eigenvalue weighted by Crippen LogP contribution is 2.22. The van der Waals surface area contributed by atoms with Crippen molar-refractivity contribution < 1.29 is 5.11 Å². The van der Waals surface area contributed by atoms with Crippen LogP contribution < -0.4 is 10.2 Å². The van der Waals surface area contributed by atoms with Crippen LogP contribution in [0.15, 0.2) is 24.3 Å². The highest BCUT2D eigenvalue weighted by molar-refractivity contribution is 6.30. The van der Waals surface area contributed by atoms with Crippen molar-refractivity contribution in [2.75, 3.05) is 24.5 Å². The Balaban J connectivity index is 1.74. The van der Waals surface area contributed by atoms with Gasteiger partial charge in [0.05, 0.1) is 6.10 Å². The number of piperidine rings is 1. The van der Waals surface area contributed by atoms with Crippen LogP contribution in [0.3, 0.4) is 0 Å². The second kappa shape index (κ2) is 8.02. The van der Waals surface area contributed by atoms with Crippen molar-refractivity contribution in [2.24, 2.45) is 5.92 Å². The van der Waals surface area contributed by atoms with Crippen LogP contribution in [-0.4, -0.2) is 36.9 Å². The lowest BCUT2D eigenvalue weighted by atomic mass is 10.00. The van der Waals surface area contributed by atoms with Crippen molar-refractivity contribution in [1.29, 1.82) is 0 Å². The Morgan fingerprint density at radius 3 is 2.48 bits per heavy atom. The summed E-state index contributed by atoms with van der Waals surface area (Å²) in [5.41, 5.74) is 1.25. The van der Waals surface area contributed by atoms with Gasteiger partial charge in [0.25, 0.3) is 0 Å². The fourth-order valence-electron chi connectivity index (χ4n) is 2.75. The van der Waals surface area contributed by atoms with Gasteiger partial charge >= 0.3 is 0 Å². The van der Waals surface area contributed by atoms with Gasteiger partial charge in [-0.05, 0) is 43.0 Å². The predicted molar refractivity (Wildman–Crippen MR) is 90.2 cm³/mol. The maximum absolute atomic E-state index is 10.0. The van der Waals surface area contributed by atoms with Gasteiger partial charge in [0, 0.05) is 36.4 Å². The molecule has 1 aromatic carbocycles. The molecule has 0 spiro atoms. The third-order valence-corrected chi connectivity index (χ3v) is 4.86. The van der Waals surface area contributed by atoms with E-state index in [4.69, 9.17) is 11.6 Å². The highest BCUT2D eigenvalue weighted by atomic mass is 35.5. The van der Waals surface area contributed by atoms with Crippen LogP contribution in [0.4, 0.5) is 5.69 Å². The molecule has 1 aliphatic rings. The number of nitrogens with one attached hydrogen (secondary N) is 1. The van der Waals surface area contributed by atoms with Crippen LogP contribution in [-0.2, 0) is 0 Å². The molecule has 21 heavy (non-hydrogen) atoms. The van der Waals surface area contributed by atoms with E-state index in [9.17, 15) is 5.11 Å². The van der Waals surface area contributed by atoms with Gasteiger partial charge in [-0.15, -0.1) is 0 Å². The molecule has 1 aromatic rings. The Morgan fingerprint density at radius 1 is 1.29 bits per heavy atom. The average molecular weight is 311 g/mol. The Kier molecular flexibility index (Phi) is 6.34. The molecule has 118 valence electrons. The number of hydrogen-bond acceptors (Lipinski definition) is 3. The minimum Gasteiger partial charge on any atom is -0.392 e. The summed E-state index contributed by atoms with van der Waals surface area (Å²) in [4.78, 5) is 2.40. The third kappa shape index (κ3) is 4.87. The molecule has 1 saturated heterocycles. The summed E-state index contributed by atoms with van der Waals surface area (Å²) < 4.78 is 0. The zero-order valence-corrected chi connectivity index (χ0v) is 13.8. The van der Waals surface area contributed by atoms with E-state index in [1.165, 1.54) is 5.69 Å². The van der Waals surface area contributed by atoms with Crippen LogP contribution in [0.25, 0.3) is 0 Å². The molecule has 3 nitrogen and oxygen atoms in total. The molecule has 2 N–H and O–H groups in total. The molecule has 2 rings (SSSR count). The van der Waals surface area contributed by atoms with Gasteiger partial charge in [-0.3, -0.25) is 0 Å². The van der Waals surface area contributed by atoms with Gasteiger partial charge in [-0.1, -0.05) is 31.9 Å². The number of halogens is 1. The topological polar surface area (TPSA) is 35.5 Å². The van der Waals surface area contributed by atoms with Crippen molar-refractivity contribution >= 4 is 17.3 Å². The van der Waals surface area contributed by atoms with Gasteiger partial charge in [0.2, 0.25) is 0 Å². The first-order valence-electron chi connectivity index (χ1n) is 8.02. The smallest absolute Gasteiger partial charge is 0.0690 e. The molecule has 4 heteroatoms. The normalized spacial score (nSPS) is 19.5. The van der Waals surface area contributed by atoms with E-state index in [1.54, 1.807) is 0 Å². The molecular formula is C17H27ClN2O. The standard InChI is InChI=1S/C17H27ClN2O/c1-3-13(2)17(21)12-19-15-8-10-20(11-9-15)16-6-4-14(18)5-7-16/h4-7,13,15,17,19,21H,3,8-12H2,1-2H3. The van der Waals surface area contributed by atoms with Crippen LogP contribution >= 0.6 is 11.6 Å². The number of aliphatic hydroxyl groups is 1. The maximum Gasteiger partial charge on any atom is 0.0690 e. The lowest BCUT2D eigenvalue weighted by Gasteiger charge is -2.34. The fraction of sp³-hybridized carbons (Fsp3) is 0.647. The highest BCUT2D eigenvalue weighted by Gasteiger charge is 2.20. The molecule has 0 aliphatic carbocycles. The minimum atomic E-state index is -0.232. The van der Waals surface area contributed by atoms with E-state index in [0.717, 1.165) is 37.4 Å². The van der Waals surface area contributed by atoms with Crippen molar-refractivity contribution in [1.82, 2.24) is 5.32 Å². The number of anilines is 1. The van der Waals surface area contributed by atoms with Gasteiger partial charge in [0.1, 0.15) is 0 Å². The zero-order chi connectivity index (χ0) is 15.2. The zero-order valence-electron chi connectivity index (χ0n) is 13.1. The molecule has 0 aromatic heterocycles. The first-order chi connectivity index (χ1) is 10.1. The van der Waals surface area contributed by atoms with Crippen molar-refractivity contribution in [2.45, 2.75) is 45.3 Å². The summed E-state index contributed by atoms with van der Waals surface area (Å²) in [6.07, 6.45) is 3.04. The second-order valence-corrected chi connectivity index (χ2v) is 6.54. The first kappa shape index (κ1) is 16.6. The van der Waals surface area contributed by atoms with E-state index in [2.05, 4.69) is 36.2 Å². The third-order valence-electron chi connectivity index (χ3n) is 4.60. The Labute approximate surface area is 133 Å². The molecule has 0 saturated carbocycles. The lowest BCUT2D eigenvalue weighted by Crippen LogP contribution is -2.45. The number of nitrogens with zero attached hydrogens (tertiary/aromatic N) is 1. The van der Waals surface area contributed by atoms with Gasteiger partial charge in [-0.25, -0.2) is 0 Å². The monoisotopic (exact) mass is 310 g/mol. The lowest BCUT2D eigenvalue weighted by molar-refractivity contribution is 0.108. The molecular weight excluding hydrogens is 284 g/mol. The van der Waals surface area contributed by atoms with Gasteiger partial charge < -0.3 is 15.3 Å². The average Bonchev–Trinajstić information content (AvgIpc) is 2.53. The summed E-state index contributed by atoms with van der Waals surface area (Å²) in [7, 11) is 0. The minimum absolute atomic E-state index is 0.232. The predicted octanol–water partition coefficient (Wildman–Crippen LogP) is 3.31. The van der Waals surface area contributed by atoms with Crippen molar-refractivity contribution in [3.63, 3.8) is 0 Å². The summed E-state index contributed by atoms with van der Waals surface area (Å²) in [5.74, 6) is 0.367. The van der Waals surface area contributed by atoms with Crippen LogP contribution in [0, 0.1) is 5.92 Å². The van der Waals surface area contributed by atoms with E-state index in [1.807, 2.05) is 12.1 Å². The van der Waals surface area contributed by atoms with E-state index in [-0.39, 0.29) is 6.10 Å². The Bertz CT molecular complexity index is 415. The van der Waals surface area contributed by atoms with Gasteiger partial charge in [0.15, 0.2) is 0 Å². The van der Waals surface area contributed by atoms with E-state index < -0.39 is 0 Å². The van der Waals surface area contributed by atoms with Crippen LogP contribution in [0.5, 0.6) is 0 Å². The Hall–Kier alpha value is -0.770. The quantitative estimate of drug-likeness (QED) is 0.846. The Morgan fingerprint density at radius 2 is 1.90 bits per heavy atom. The molecule has 1 heterocycles. The van der Waals surface area contributed by atoms with Crippen molar-refractivity contribution in [3.05, 3.63) is 29.3 Å². The molecule has 0 radical (unpaired) electrons. The summed E-state index contributed by atoms with van der Waals surface area (Å²) >= 11 is 5.93. The number of aliphatic hydroxyl groups excluding tert-OH is 1. The molecule has 1 aliphatic heterocycles. The molecule has 0 amide bonds. The largest absolute Gasteiger partial charge is 0.392 e. The van der Waals surface area contributed by atoms with Crippen molar-refractivity contribution in [3.8, 4) is 0 Å². The number of hydrogen-bond donors (Lipinski definition) is 2. The maximum atomic E-state index is 10.0. The second-order valence-electron chi connectivity index (χ2n) is 6.10. The SMILES string of the molecule is CCC(C)C(O)CNC1CCN(c2ccc(Cl)cc2)CC1. The van der Waals surface area contributed by atoms with Gasteiger partial charge in [-0.2, -0.15) is 0 Å². The van der Waals surface area contributed by atoms with E-state index in [0.29, 0.717) is 18.5 Å². The molecule has 1 fully saturated rings. The van der Waals surface area contributed by atoms with Crippen LogP contribution in [0.2, 0.25) is 5.02 Å². The summed E-state index contributed by atoms with van der Waals surface area (Å²) in [6, 6.07) is 8.59. The summed E-state index contributed by atoms with van der Waals surface area (Å²) in [5, 5.41) is 14.3. The fourth-order valence-corrected chi connectivity index (χ4v) is 2.88. The van der Waals surface area contributed by atoms with E-state index >= 15 is 0 Å². The number of rotatable bonds is 6. The summed E-state index contributed by atoms with van der Waals surface area (Å²) in [6.45, 7) is 7.05. The number of benzene rings is 1. The molecule has 2 unspecified atom stereocenters. The first-order valence-corrected chi connectivity index (χ1v) is 8.40.